The molecule has 31 heavy (non-hydrogen) atoms. The third kappa shape index (κ3) is 4.45. The molecular formula is C24H29Cl2N3O2. The van der Waals surface area contributed by atoms with E-state index in [1.54, 1.807) is 12.1 Å². The van der Waals surface area contributed by atoms with E-state index in [0.717, 1.165) is 39.0 Å². The van der Waals surface area contributed by atoms with Crippen molar-refractivity contribution in [1.29, 1.82) is 0 Å². The smallest absolute Gasteiger partial charge is 0.261 e. The van der Waals surface area contributed by atoms with Crippen molar-refractivity contribution < 1.29 is 9.59 Å². The Bertz CT molecular complexity index is 917. The van der Waals surface area contributed by atoms with E-state index in [0.29, 0.717) is 23.7 Å². The zero-order chi connectivity index (χ0) is 19.8. The number of nitrogens with zero attached hydrogens (tertiary/aromatic N) is 3. The zero-order valence-electron chi connectivity index (χ0n) is 17.5. The van der Waals surface area contributed by atoms with Gasteiger partial charge in [-0.25, -0.2) is 0 Å². The maximum Gasteiger partial charge on any atom is 0.261 e. The summed E-state index contributed by atoms with van der Waals surface area (Å²) in [6.45, 7) is 4.83. The highest BCUT2D eigenvalue weighted by molar-refractivity contribution is 6.21. The van der Waals surface area contributed by atoms with Gasteiger partial charge in [0.05, 0.1) is 11.1 Å². The van der Waals surface area contributed by atoms with Crippen LogP contribution in [0.5, 0.6) is 0 Å². The summed E-state index contributed by atoms with van der Waals surface area (Å²) in [5.41, 5.74) is 4.00. The number of benzene rings is 2. The van der Waals surface area contributed by atoms with Crippen molar-refractivity contribution in [3.63, 3.8) is 0 Å². The van der Waals surface area contributed by atoms with E-state index >= 15 is 0 Å². The number of rotatable bonds is 5. The summed E-state index contributed by atoms with van der Waals surface area (Å²) in [7, 11) is 0. The summed E-state index contributed by atoms with van der Waals surface area (Å²) in [4.78, 5) is 31.5. The fraction of sp³-hybridized carbons (Fsp3) is 0.417. The maximum atomic E-state index is 12.5. The number of halogens is 2. The summed E-state index contributed by atoms with van der Waals surface area (Å²) >= 11 is 0. The molecule has 2 aromatic carbocycles. The number of anilines is 1. The molecule has 0 radical (unpaired) electrons. The van der Waals surface area contributed by atoms with E-state index in [2.05, 4.69) is 34.1 Å². The molecule has 0 bridgehead atoms. The number of imide groups is 1. The fourth-order valence-corrected chi connectivity index (χ4v) is 5.06. The van der Waals surface area contributed by atoms with Gasteiger partial charge in [0.2, 0.25) is 0 Å². The molecule has 3 aliphatic rings. The molecule has 0 aromatic heterocycles. The highest BCUT2D eigenvalue weighted by Crippen LogP contribution is 2.32. The van der Waals surface area contributed by atoms with Crippen LogP contribution in [0.15, 0.2) is 48.5 Å². The van der Waals surface area contributed by atoms with Crippen LogP contribution in [0.25, 0.3) is 0 Å². The van der Waals surface area contributed by atoms with E-state index in [1.165, 1.54) is 29.0 Å². The largest absolute Gasteiger partial charge is 0.366 e. The van der Waals surface area contributed by atoms with Gasteiger partial charge in [-0.05, 0) is 56.0 Å². The summed E-state index contributed by atoms with van der Waals surface area (Å²) in [5, 5.41) is 0. The second-order valence-electron chi connectivity index (χ2n) is 8.33. The number of hydrogen-bond donors (Lipinski definition) is 0. The maximum absolute atomic E-state index is 12.5. The normalized spacial score (nSPS) is 19.8. The molecule has 0 saturated carbocycles. The minimum atomic E-state index is -0.139. The molecule has 2 aromatic rings. The number of fused-ring (bicyclic) bond motifs is 4. The minimum Gasteiger partial charge on any atom is -0.366 e. The summed E-state index contributed by atoms with van der Waals surface area (Å²) in [6, 6.07) is 16.5. The second-order valence-corrected chi connectivity index (χ2v) is 8.33. The lowest BCUT2D eigenvalue weighted by atomic mass is 9.94. The Morgan fingerprint density at radius 1 is 0.806 bits per heavy atom. The van der Waals surface area contributed by atoms with Crippen LogP contribution in [0.3, 0.4) is 0 Å². The standard InChI is InChI=1S/C24H27N3O2.2ClH/c28-23-20-8-2-3-9-21(20)24(29)27(23)14-6-5-13-25-15-16-26-19(17-25)12-11-18-7-1-4-10-22(18)26;;/h1-4,7-10,19H,5-6,11-17H2;2*1H. The molecule has 1 fully saturated rings. The number of aryl methyl sites for hydroxylation is 1. The van der Waals surface area contributed by atoms with Crippen molar-refractivity contribution in [3.8, 4) is 0 Å². The van der Waals surface area contributed by atoms with Gasteiger partial charge in [0.15, 0.2) is 0 Å². The van der Waals surface area contributed by atoms with E-state index in [9.17, 15) is 9.59 Å². The Morgan fingerprint density at radius 3 is 2.19 bits per heavy atom. The molecule has 3 heterocycles. The molecule has 0 N–H and O–H groups in total. The molecule has 1 saturated heterocycles. The third-order valence-corrected chi connectivity index (χ3v) is 6.60. The minimum absolute atomic E-state index is 0. The predicted molar refractivity (Wildman–Crippen MR) is 128 cm³/mol. The average molecular weight is 462 g/mol. The average Bonchev–Trinajstić information content (AvgIpc) is 3.01. The van der Waals surface area contributed by atoms with Crippen molar-refractivity contribution in [3.05, 3.63) is 65.2 Å². The number of piperazine rings is 1. The molecule has 3 aliphatic heterocycles. The first-order chi connectivity index (χ1) is 14.2. The zero-order valence-corrected chi connectivity index (χ0v) is 19.2. The molecule has 0 spiro atoms. The van der Waals surface area contributed by atoms with E-state index < -0.39 is 0 Å². The molecule has 2 amide bonds. The van der Waals surface area contributed by atoms with Gasteiger partial charge in [-0.2, -0.15) is 0 Å². The number of hydrogen-bond acceptors (Lipinski definition) is 4. The van der Waals surface area contributed by atoms with Gasteiger partial charge in [0.25, 0.3) is 11.8 Å². The Morgan fingerprint density at radius 2 is 1.45 bits per heavy atom. The van der Waals surface area contributed by atoms with Crippen molar-refractivity contribution in [1.82, 2.24) is 9.80 Å². The predicted octanol–water partition coefficient (Wildman–Crippen LogP) is 4.04. The van der Waals surface area contributed by atoms with Gasteiger partial charge < -0.3 is 4.90 Å². The topological polar surface area (TPSA) is 43.9 Å². The van der Waals surface area contributed by atoms with Gasteiger partial charge in [0.1, 0.15) is 0 Å². The molecule has 5 nitrogen and oxygen atoms in total. The van der Waals surface area contributed by atoms with E-state index in [-0.39, 0.29) is 36.6 Å². The Kier molecular flexibility index (Phi) is 7.63. The van der Waals surface area contributed by atoms with E-state index in [4.69, 9.17) is 0 Å². The van der Waals surface area contributed by atoms with Gasteiger partial charge in [-0.1, -0.05) is 30.3 Å². The van der Waals surface area contributed by atoms with E-state index in [1.807, 2.05) is 12.1 Å². The highest BCUT2D eigenvalue weighted by atomic mass is 35.5. The van der Waals surface area contributed by atoms with Gasteiger partial charge in [-0.3, -0.25) is 19.4 Å². The van der Waals surface area contributed by atoms with Crippen molar-refractivity contribution >= 4 is 42.3 Å². The third-order valence-electron chi connectivity index (χ3n) is 6.60. The van der Waals surface area contributed by atoms with Gasteiger partial charge in [-0.15, -0.1) is 24.8 Å². The number of amides is 2. The van der Waals surface area contributed by atoms with Crippen LogP contribution in [-0.2, 0) is 6.42 Å². The van der Waals surface area contributed by atoms with Crippen LogP contribution in [0.2, 0.25) is 0 Å². The van der Waals surface area contributed by atoms with Crippen LogP contribution >= 0.6 is 24.8 Å². The Labute approximate surface area is 196 Å². The molecular weight excluding hydrogens is 433 g/mol. The van der Waals surface area contributed by atoms with Gasteiger partial charge in [0, 0.05) is 37.9 Å². The first-order valence-electron chi connectivity index (χ1n) is 10.7. The number of unbranched alkanes of at least 4 members (excludes halogenated alkanes) is 1. The quantitative estimate of drug-likeness (QED) is 0.497. The lowest BCUT2D eigenvalue weighted by Gasteiger charge is -2.46. The summed E-state index contributed by atoms with van der Waals surface area (Å²) in [6.07, 6.45) is 4.27. The van der Waals surface area contributed by atoms with Crippen molar-refractivity contribution in [2.45, 2.75) is 31.7 Å². The second kappa shape index (κ2) is 10.0. The van der Waals surface area contributed by atoms with Gasteiger partial charge >= 0.3 is 0 Å². The molecule has 1 atom stereocenters. The Hall–Kier alpha value is -2.08. The Balaban J connectivity index is 0.00000136. The first kappa shape index (κ1) is 23.6. The molecule has 166 valence electrons. The fourth-order valence-electron chi connectivity index (χ4n) is 5.06. The monoisotopic (exact) mass is 461 g/mol. The lowest BCUT2D eigenvalue weighted by Crippen LogP contribution is -2.55. The number of carbonyl (C=O) groups is 2. The van der Waals surface area contributed by atoms with Crippen LogP contribution < -0.4 is 4.90 Å². The first-order valence-corrected chi connectivity index (χ1v) is 10.7. The van der Waals surface area contributed by atoms with Crippen LogP contribution in [0.1, 0.15) is 45.5 Å². The SMILES string of the molecule is Cl.Cl.O=C1c2ccccc2C(=O)N1CCCCN1CCN2c3ccccc3CCC2C1. The van der Waals surface area contributed by atoms with Crippen LogP contribution in [-0.4, -0.2) is 60.4 Å². The van der Waals surface area contributed by atoms with Crippen molar-refractivity contribution in [2.24, 2.45) is 0 Å². The van der Waals surface area contributed by atoms with Crippen LogP contribution in [0, 0.1) is 0 Å². The van der Waals surface area contributed by atoms with Crippen molar-refractivity contribution in [2.75, 3.05) is 37.6 Å². The highest BCUT2D eigenvalue weighted by Gasteiger charge is 2.35. The molecule has 7 heteroatoms. The lowest BCUT2D eigenvalue weighted by molar-refractivity contribution is 0.0650. The summed E-state index contributed by atoms with van der Waals surface area (Å²) in [5.74, 6) is -0.278. The molecule has 1 unspecified atom stereocenters. The van der Waals surface area contributed by atoms with Crippen LogP contribution in [0.4, 0.5) is 5.69 Å². The number of para-hydroxylation sites is 1. The molecule has 5 rings (SSSR count). The molecule has 0 aliphatic carbocycles. The number of carbonyl (C=O) groups excluding carboxylic acids is 2. The summed E-state index contributed by atoms with van der Waals surface area (Å²) < 4.78 is 0.